The van der Waals surface area contributed by atoms with Crippen LogP contribution in [0.2, 0.25) is 0 Å². The summed E-state index contributed by atoms with van der Waals surface area (Å²) in [6, 6.07) is 3.33. The summed E-state index contributed by atoms with van der Waals surface area (Å²) >= 11 is 1.29. The molecule has 110 valence electrons. The second kappa shape index (κ2) is 6.75. The van der Waals surface area contributed by atoms with Crippen LogP contribution >= 0.6 is 11.3 Å². The molecule has 1 amide bonds. The van der Waals surface area contributed by atoms with Gasteiger partial charge in [0.05, 0.1) is 11.3 Å². The zero-order chi connectivity index (χ0) is 15.2. The number of carbonyl (C=O) groups is 1. The fourth-order valence-electron chi connectivity index (χ4n) is 1.60. The van der Waals surface area contributed by atoms with E-state index in [2.05, 4.69) is 20.1 Å². The first kappa shape index (κ1) is 14.9. The van der Waals surface area contributed by atoms with Gasteiger partial charge in [-0.3, -0.25) is 15.1 Å². The van der Waals surface area contributed by atoms with E-state index in [9.17, 15) is 9.70 Å². The van der Waals surface area contributed by atoms with Crippen molar-refractivity contribution >= 4 is 22.4 Å². The summed E-state index contributed by atoms with van der Waals surface area (Å²) in [4.78, 5) is 35.5. The molecule has 0 fully saturated rings. The Morgan fingerprint density at radius 2 is 2.38 bits per heavy atom. The number of nitrogens with one attached hydrogen (secondary N) is 1. The molecule has 0 spiro atoms. The Morgan fingerprint density at radius 1 is 1.57 bits per heavy atom. The number of amides is 1. The molecule has 0 aliphatic rings. The van der Waals surface area contributed by atoms with Crippen LogP contribution in [-0.2, 0) is 11.3 Å². The average molecular weight is 309 g/mol. The van der Waals surface area contributed by atoms with E-state index in [1.54, 1.807) is 25.3 Å². The molecule has 2 aromatic rings. The summed E-state index contributed by atoms with van der Waals surface area (Å²) < 4.78 is 0. The Labute approximate surface area is 123 Å². The van der Waals surface area contributed by atoms with E-state index in [0.717, 1.165) is 10.6 Å². The summed E-state index contributed by atoms with van der Waals surface area (Å²) in [7, 11) is 0. The summed E-state index contributed by atoms with van der Waals surface area (Å²) in [5, 5.41) is 10.9. The minimum atomic E-state index is -0.582. The van der Waals surface area contributed by atoms with E-state index in [0.29, 0.717) is 17.1 Å². The highest BCUT2D eigenvalue weighted by Crippen LogP contribution is 2.23. The Kier molecular flexibility index (Phi) is 4.77. The number of hydrogen-bond donors (Lipinski definition) is 2. The maximum atomic E-state index is 11.9. The SMILES string of the molecule is Cc1nc(NC(=O)c2cccnc2)sc1CCO[N+](=O)O. The van der Waals surface area contributed by atoms with Gasteiger partial charge in [0.1, 0.15) is 4.91 Å². The minimum absolute atomic E-state index is 0.0268. The molecule has 2 N–H and O–H groups in total. The first-order chi connectivity index (χ1) is 10.1. The van der Waals surface area contributed by atoms with E-state index in [1.165, 1.54) is 17.5 Å². The minimum Gasteiger partial charge on any atom is -0.298 e. The van der Waals surface area contributed by atoms with E-state index in [-0.39, 0.29) is 12.5 Å². The molecule has 0 radical (unpaired) electrons. The lowest BCUT2D eigenvalue weighted by Gasteiger charge is -1.99. The van der Waals surface area contributed by atoms with Crippen molar-refractivity contribution in [3.05, 3.63) is 45.6 Å². The fraction of sp³-hybridized carbons (Fsp3) is 0.250. The topological polar surface area (TPSA) is 104 Å². The molecule has 0 saturated carbocycles. The zero-order valence-electron chi connectivity index (χ0n) is 11.1. The number of aromatic nitrogens is 2. The van der Waals surface area contributed by atoms with E-state index in [1.807, 2.05) is 0 Å². The van der Waals surface area contributed by atoms with Gasteiger partial charge in [-0.25, -0.2) is 10.2 Å². The number of nitrogens with zero attached hydrogens (tertiary/aromatic N) is 3. The van der Waals surface area contributed by atoms with Crippen molar-refractivity contribution in [3.63, 3.8) is 0 Å². The number of aryl methyl sites for hydroxylation is 1. The second-order valence-corrected chi connectivity index (χ2v) is 5.13. The van der Waals surface area contributed by atoms with Crippen LogP contribution in [0.5, 0.6) is 0 Å². The van der Waals surface area contributed by atoms with Gasteiger partial charge in [-0.2, -0.15) is 4.84 Å². The normalized spacial score (nSPS) is 10.1. The number of thiazole rings is 1. The van der Waals surface area contributed by atoms with Gasteiger partial charge >= 0.3 is 5.09 Å². The van der Waals surface area contributed by atoms with Crippen LogP contribution in [0.15, 0.2) is 24.5 Å². The molecule has 2 rings (SSSR count). The Bertz CT molecular complexity index is 644. The lowest BCUT2D eigenvalue weighted by atomic mass is 10.3. The highest BCUT2D eigenvalue weighted by molar-refractivity contribution is 7.15. The van der Waals surface area contributed by atoms with Crippen molar-refractivity contribution in [1.29, 1.82) is 0 Å². The smallest absolute Gasteiger partial charge is 0.298 e. The van der Waals surface area contributed by atoms with E-state index >= 15 is 0 Å². The van der Waals surface area contributed by atoms with Crippen molar-refractivity contribution < 1.29 is 19.9 Å². The quantitative estimate of drug-likeness (QED) is 0.788. The van der Waals surface area contributed by atoms with Crippen LogP contribution in [0, 0.1) is 11.8 Å². The van der Waals surface area contributed by atoms with Crippen molar-refractivity contribution in [1.82, 2.24) is 9.97 Å². The summed E-state index contributed by atoms with van der Waals surface area (Å²) in [5.41, 5.74) is 1.18. The van der Waals surface area contributed by atoms with Crippen LogP contribution in [0.4, 0.5) is 5.13 Å². The standard InChI is InChI=1S/C12H12N4O4S/c1-8-10(4-6-20-16(18)19)21-12(14-8)15-11(17)9-3-2-5-13-7-9/h2-3,5,7H,4,6H2,1H3,(H-,14,15,17,18,19)/p+1. The molecule has 0 bridgehead atoms. The summed E-state index contributed by atoms with van der Waals surface area (Å²) in [5.74, 6) is -0.291. The number of rotatable bonds is 6. The largest absolute Gasteiger partial charge is 0.475 e. The van der Waals surface area contributed by atoms with Crippen LogP contribution < -0.4 is 5.32 Å². The predicted octanol–water partition coefficient (Wildman–Crippen LogP) is 1.74. The predicted molar refractivity (Wildman–Crippen MR) is 74.1 cm³/mol. The molecular weight excluding hydrogens is 296 g/mol. The Hall–Kier alpha value is -2.55. The highest BCUT2D eigenvalue weighted by atomic mass is 32.1. The molecule has 2 aromatic heterocycles. The molecule has 0 aliphatic heterocycles. The Morgan fingerprint density at radius 3 is 3.05 bits per heavy atom. The van der Waals surface area contributed by atoms with Gasteiger partial charge in [0, 0.05) is 23.7 Å². The summed E-state index contributed by atoms with van der Waals surface area (Å²) in [6.07, 6.45) is 3.46. The molecule has 21 heavy (non-hydrogen) atoms. The highest BCUT2D eigenvalue weighted by Gasteiger charge is 2.13. The van der Waals surface area contributed by atoms with Gasteiger partial charge in [-0.05, 0) is 19.1 Å². The fourth-order valence-corrected chi connectivity index (χ4v) is 2.53. The van der Waals surface area contributed by atoms with Crippen molar-refractivity contribution in [3.8, 4) is 0 Å². The van der Waals surface area contributed by atoms with E-state index < -0.39 is 5.09 Å². The first-order valence-electron chi connectivity index (χ1n) is 6.03. The zero-order valence-corrected chi connectivity index (χ0v) is 12.0. The second-order valence-electron chi connectivity index (χ2n) is 4.04. The third-order valence-corrected chi connectivity index (χ3v) is 3.70. The molecular formula is C12H13N4O4S+. The number of carbonyl (C=O) groups excluding carboxylic acids is 1. The van der Waals surface area contributed by atoms with Crippen LogP contribution in [0.1, 0.15) is 20.9 Å². The van der Waals surface area contributed by atoms with Crippen LogP contribution in [0.3, 0.4) is 0 Å². The lowest BCUT2D eigenvalue weighted by Crippen LogP contribution is -2.11. The molecule has 0 aromatic carbocycles. The molecule has 8 nitrogen and oxygen atoms in total. The maximum Gasteiger partial charge on any atom is 0.475 e. The van der Waals surface area contributed by atoms with Gasteiger partial charge in [-0.15, -0.1) is 11.3 Å². The average Bonchev–Trinajstić information content (AvgIpc) is 2.79. The number of pyridine rings is 1. The Balaban J connectivity index is 1.98. The third-order valence-electron chi connectivity index (χ3n) is 2.57. The summed E-state index contributed by atoms with van der Waals surface area (Å²) in [6.45, 7) is 1.82. The van der Waals surface area contributed by atoms with Crippen LogP contribution in [0.25, 0.3) is 0 Å². The van der Waals surface area contributed by atoms with E-state index in [4.69, 9.17) is 5.21 Å². The molecule has 0 saturated heterocycles. The van der Waals surface area contributed by atoms with Gasteiger partial charge in [0.25, 0.3) is 5.91 Å². The molecule has 0 atom stereocenters. The maximum absolute atomic E-state index is 11.9. The number of anilines is 1. The van der Waals surface area contributed by atoms with Gasteiger partial charge in [0.15, 0.2) is 11.7 Å². The van der Waals surface area contributed by atoms with Crippen molar-refractivity contribution in [2.75, 3.05) is 11.9 Å². The van der Waals surface area contributed by atoms with Crippen LogP contribution in [-0.4, -0.2) is 32.8 Å². The molecule has 9 heteroatoms. The van der Waals surface area contributed by atoms with Gasteiger partial charge < -0.3 is 0 Å². The molecule has 0 aliphatic carbocycles. The lowest BCUT2D eigenvalue weighted by molar-refractivity contribution is -0.975. The monoisotopic (exact) mass is 309 g/mol. The van der Waals surface area contributed by atoms with Crippen molar-refractivity contribution in [2.45, 2.75) is 13.3 Å². The van der Waals surface area contributed by atoms with Gasteiger partial charge in [0.2, 0.25) is 0 Å². The van der Waals surface area contributed by atoms with Gasteiger partial charge in [-0.1, -0.05) is 0 Å². The molecule has 2 heterocycles. The van der Waals surface area contributed by atoms with Crippen molar-refractivity contribution in [2.24, 2.45) is 0 Å². The first-order valence-corrected chi connectivity index (χ1v) is 6.84. The molecule has 0 unspecified atom stereocenters. The number of hydrogen-bond acceptors (Lipinski definition) is 6. The third kappa shape index (κ3) is 4.21.